The van der Waals surface area contributed by atoms with Gasteiger partial charge in [-0.05, 0) is 25.7 Å². The number of carboxylic acid groups (broad SMARTS) is 1. The maximum absolute atomic E-state index is 11.9. The summed E-state index contributed by atoms with van der Waals surface area (Å²) in [5, 5.41) is 30.0. The lowest BCUT2D eigenvalue weighted by Gasteiger charge is -2.23. The van der Waals surface area contributed by atoms with Crippen LogP contribution in [0, 0.1) is 17.8 Å². The van der Waals surface area contributed by atoms with Gasteiger partial charge in [-0.3, -0.25) is 9.59 Å². The average molecular weight is 259 g/mol. The second kappa shape index (κ2) is 5.67. The summed E-state index contributed by atoms with van der Waals surface area (Å²) in [5.74, 6) is -2.31. The van der Waals surface area contributed by atoms with Crippen molar-refractivity contribution in [3.05, 3.63) is 0 Å². The first kappa shape index (κ1) is 14.9. The first-order valence-corrected chi connectivity index (χ1v) is 6.10. The number of nitrogens with one attached hydrogen (secondary N) is 1. The molecule has 0 heterocycles. The van der Waals surface area contributed by atoms with Gasteiger partial charge >= 0.3 is 5.97 Å². The van der Waals surface area contributed by atoms with Crippen molar-refractivity contribution in [1.82, 2.24) is 5.32 Å². The number of aliphatic hydroxyl groups is 2. The highest BCUT2D eigenvalue weighted by molar-refractivity contribution is 5.85. The van der Waals surface area contributed by atoms with E-state index < -0.39 is 30.0 Å². The minimum Gasteiger partial charge on any atom is -0.481 e. The largest absolute Gasteiger partial charge is 0.481 e. The highest BCUT2D eigenvalue weighted by Gasteiger charge is 2.41. The minimum atomic E-state index is -1.38. The monoisotopic (exact) mass is 259 g/mol. The van der Waals surface area contributed by atoms with E-state index in [0.29, 0.717) is 12.8 Å². The number of aliphatic carboxylic acids is 1. The van der Waals surface area contributed by atoms with Crippen LogP contribution in [-0.2, 0) is 9.59 Å². The number of carboxylic acids is 1. The van der Waals surface area contributed by atoms with Crippen LogP contribution >= 0.6 is 0 Å². The molecule has 104 valence electrons. The fourth-order valence-corrected chi connectivity index (χ4v) is 2.32. The van der Waals surface area contributed by atoms with Gasteiger partial charge in [0.1, 0.15) is 5.60 Å². The molecule has 1 amide bonds. The first-order valence-electron chi connectivity index (χ1n) is 6.10. The van der Waals surface area contributed by atoms with Crippen molar-refractivity contribution < 1.29 is 24.9 Å². The van der Waals surface area contributed by atoms with Crippen molar-refractivity contribution in [2.75, 3.05) is 13.2 Å². The number of aliphatic hydroxyl groups excluding tert-OH is 1. The Balaban J connectivity index is 2.58. The number of amides is 1. The van der Waals surface area contributed by atoms with Crippen molar-refractivity contribution >= 4 is 11.9 Å². The lowest BCUT2D eigenvalue weighted by atomic mass is 9.95. The molecule has 0 radical (unpaired) electrons. The van der Waals surface area contributed by atoms with Crippen LogP contribution in [0.25, 0.3) is 0 Å². The number of rotatable bonds is 5. The highest BCUT2D eigenvalue weighted by Crippen LogP contribution is 2.36. The van der Waals surface area contributed by atoms with Crippen LogP contribution in [0.15, 0.2) is 0 Å². The molecule has 0 aromatic heterocycles. The van der Waals surface area contributed by atoms with Crippen LogP contribution < -0.4 is 5.32 Å². The number of carbonyl (C=O) groups excluding carboxylic acids is 1. The van der Waals surface area contributed by atoms with Gasteiger partial charge in [0.2, 0.25) is 5.91 Å². The lowest BCUT2D eigenvalue weighted by Crippen LogP contribution is -2.46. The summed E-state index contributed by atoms with van der Waals surface area (Å²) >= 11 is 0. The molecule has 1 aliphatic rings. The van der Waals surface area contributed by atoms with Gasteiger partial charge in [-0.1, -0.05) is 6.92 Å². The summed E-state index contributed by atoms with van der Waals surface area (Å²) in [6.45, 7) is 2.78. The maximum atomic E-state index is 11.9. The Kier molecular flexibility index (Phi) is 4.70. The van der Waals surface area contributed by atoms with Gasteiger partial charge in [0.15, 0.2) is 0 Å². The fourth-order valence-electron chi connectivity index (χ4n) is 2.32. The van der Waals surface area contributed by atoms with E-state index in [1.807, 2.05) is 6.92 Å². The molecule has 18 heavy (non-hydrogen) atoms. The topological polar surface area (TPSA) is 107 Å². The molecule has 4 N–H and O–H groups in total. The zero-order valence-electron chi connectivity index (χ0n) is 10.7. The second-order valence-corrected chi connectivity index (χ2v) is 5.50. The summed E-state index contributed by atoms with van der Waals surface area (Å²) in [6.07, 6.45) is 1.05. The van der Waals surface area contributed by atoms with Crippen molar-refractivity contribution in [2.24, 2.45) is 17.8 Å². The van der Waals surface area contributed by atoms with Gasteiger partial charge < -0.3 is 20.6 Å². The Morgan fingerprint density at radius 1 is 1.33 bits per heavy atom. The van der Waals surface area contributed by atoms with E-state index in [-0.39, 0.29) is 18.4 Å². The summed E-state index contributed by atoms with van der Waals surface area (Å²) < 4.78 is 0. The normalized spacial score (nSPS) is 30.8. The smallest absolute Gasteiger partial charge is 0.307 e. The van der Waals surface area contributed by atoms with E-state index in [1.54, 1.807) is 0 Å². The molecule has 6 nitrogen and oxygen atoms in total. The molecule has 0 aromatic carbocycles. The van der Waals surface area contributed by atoms with Crippen molar-refractivity contribution in [1.29, 1.82) is 0 Å². The van der Waals surface area contributed by atoms with E-state index >= 15 is 0 Å². The molecule has 1 saturated carbocycles. The van der Waals surface area contributed by atoms with Crippen molar-refractivity contribution in [2.45, 2.75) is 32.3 Å². The fraction of sp³-hybridized carbons (Fsp3) is 0.833. The zero-order valence-corrected chi connectivity index (χ0v) is 10.7. The molecule has 0 aromatic rings. The predicted octanol–water partition coefficient (Wildman–Crippen LogP) is -0.407. The Hall–Kier alpha value is -1.14. The van der Waals surface area contributed by atoms with Gasteiger partial charge in [0, 0.05) is 6.54 Å². The van der Waals surface area contributed by atoms with E-state index in [4.69, 9.17) is 10.2 Å². The Bertz CT molecular complexity index is 328. The van der Waals surface area contributed by atoms with E-state index in [2.05, 4.69) is 5.32 Å². The SMILES string of the molecule is CC1CC(C(=O)O)C(C(=O)NCC(C)(O)CO)C1. The zero-order chi connectivity index (χ0) is 13.9. The maximum Gasteiger partial charge on any atom is 0.307 e. The van der Waals surface area contributed by atoms with E-state index in [1.165, 1.54) is 6.92 Å². The molecular weight excluding hydrogens is 238 g/mol. The Morgan fingerprint density at radius 2 is 1.89 bits per heavy atom. The number of hydrogen-bond acceptors (Lipinski definition) is 4. The molecule has 1 rings (SSSR count). The third-order valence-corrected chi connectivity index (χ3v) is 3.44. The summed E-state index contributed by atoms with van der Waals surface area (Å²) in [5.41, 5.74) is -1.38. The molecule has 1 aliphatic carbocycles. The van der Waals surface area contributed by atoms with E-state index in [0.717, 1.165) is 0 Å². The first-order chi connectivity index (χ1) is 8.26. The quantitative estimate of drug-likeness (QED) is 0.537. The average Bonchev–Trinajstić information content (AvgIpc) is 2.68. The number of carbonyl (C=O) groups is 2. The van der Waals surface area contributed by atoms with Gasteiger partial charge in [0.25, 0.3) is 0 Å². The van der Waals surface area contributed by atoms with Crippen LogP contribution in [0.3, 0.4) is 0 Å². The summed E-state index contributed by atoms with van der Waals surface area (Å²) in [7, 11) is 0. The Morgan fingerprint density at radius 3 is 2.39 bits per heavy atom. The van der Waals surface area contributed by atoms with Crippen LogP contribution in [0.4, 0.5) is 0 Å². The van der Waals surface area contributed by atoms with Gasteiger partial charge in [-0.2, -0.15) is 0 Å². The molecule has 0 aliphatic heterocycles. The third kappa shape index (κ3) is 3.68. The molecule has 0 bridgehead atoms. The van der Waals surface area contributed by atoms with Crippen molar-refractivity contribution in [3.8, 4) is 0 Å². The predicted molar refractivity (Wildman–Crippen MR) is 63.7 cm³/mol. The standard InChI is InChI=1S/C12H21NO5/c1-7-3-8(9(4-7)11(16)17)10(15)13-5-12(2,18)6-14/h7-9,14,18H,3-6H2,1-2H3,(H,13,15)(H,16,17). The molecule has 4 unspecified atom stereocenters. The second-order valence-electron chi connectivity index (χ2n) is 5.50. The van der Waals surface area contributed by atoms with Crippen LogP contribution in [0.2, 0.25) is 0 Å². The minimum absolute atomic E-state index is 0.0838. The molecule has 6 heteroatoms. The molecule has 0 spiro atoms. The van der Waals surface area contributed by atoms with Crippen LogP contribution in [-0.4, -0.2) is 45.9 Å². The molecular formula is C12H21NO5. The van der Waals surface area contributed by atoms with Crippen LogP contribution in [0.5, 0.6) is 0 Å². The van der Waals surface area contributed by atoms with Crippen molar-refractivity contribution in [3.63, 3.8) is 0 Å². The molecule has 1 fully saturated rings. The molecule has 0 saturated heterocycles. The molecule has 4 atom stereocenters. The Labute approximate surface area is 106 Å². The number of hydrogen-bond donors (Lipinski definition) is 4. The third-order valence-electron chi connectivity index (χ3n) is 3.44. The van der Waals surface area contributed by atoms with Gasteiger partial charge in [-0.15, -0.1) is 0 Å². The van der Waals surface area contributed by atoms with Gasteiger partial charge in [-0.25, -0.2) is 0 Å². The lowest BCUT2D eigenvalue weighted by molar-refractivity contribution is -0.146. The summed E-state index contributed by atoms with van der Waals surface area (Å²) in [4.78, 5) is 23.0. The highest BCUT2D eigenvalue weighted by atomic mass is 16.4. The summed E-state index contributed by atoms with van der Waals surface area (Å²) in [6, 6.07) is 0. The van der Waals surface area contributed by atoms with Crippen LogP contribution in [0.1, 0.15) is 26.7 Å². The van der Waals surface area contributed by atoms with Gasteiger partial charge in [0.05, 0.1) is 18.4 Å². The van der Waals surface area contributed by atoms with E-state index in [9.17, 15) is 14.7 Å².